The highest BCUT2D eigenvalue weighted by Gasteiger charge is 2.09. The fourth-order valence-electron chi connectivity index (χ4n) is 1.10. The van der Waals surface area contributed by atoms with Crippen molar-refractivity contribution in [3.63, 3.8) is 0 Å². The molecule has 0 aliphatic rings. The van der Waals surface area contributed by atoms with Crippen LogP contribution in [0.3, 0.4) is 0 Å². The van der Waals surface area contributed by atoms with E-state index in [0.717, 1.165) is 18.5 Å². The molecule has 2 N–H and O–H groups in total. The minimum Gasteiger partial charge on any atom is -0.323 e. The smallest absolute Gasteiger partial charge is 0.0738 e. The van der Waals surface area contributed by atoms with Gasteiger partial charge in [0.05, 0.1) is 5.69 Å². The summed E-state index contributed by atoms with van der Waals surface area (Å²) >= 11 is 1.49. The molecule has 0 fully saturated rings. The molecule has 1 aromatic rings. The molecule has 0 amide bonds. The molecule has 0 aromatic carbocycles. The molecule has 11 heavy (non-hydrogen) atoms. The van der Waals surface area contributed by atoms with Gasteiger partial charge in [-0.2, -0.15) is 4.37 Å². The number of hydrogen-bond acceptors (Lipinski definition) is 3. The first-order valence-electron chi connectivity index (χ1n) is 3.92. The molecule has 3 heteroatoms. The van der Waals surface area contributed by atoms with E-state index < -0.39 is 0 Å². The minimum absolute atomic E-state index is 0.145. The van der Waals surface area contributed by atoms with Crippen LogP contribution in [0.4, 0.5) is 0 Å². The van der Waals surface area contributed by atoms with Gasteiger partial charge in [0.1, 0.15) is 0 Å². The van der Waals surface area contributed by atoms with Gasteiger partial charge in [-0.05, 0) is 30.4 Å². The zero-order valence-electron chi connectivity index (χ0n) is 7.00. The van der Waals surface area contributed by atoms with Crippen molar-refractivity contribution in [2.45, 2.75) is 32.7 Å². The van der Waals surface area contributed by atoms with Crippen molar-refractivity contribution in [1.82, 2.24) is 4.37 Å². The zero-order chi connectivity index (χ0) is 8.27. The highest BCUT2D eigenvalue weighted by molar-refractivity contribution is 7.03. The summed E-state index contributed by atoms with van der Waals surface area (Å²) in [7, 11) is 0. The largest absolute Gasteiger partial charge is 0.323 e. The van der Waals surface area contributed by atoms with Crippen molar-refractivity contribution < 1.29 is 0 Å². The summed E-state index contributed by atoms with van der Waals surface area (Å²) in [5.74, 6) is 0. The summed E-state index contributed by atoms with van der Waals surface area (Å²) in [5, 5.41) is 2.05. The van der Waals surface area contributed by atoms with Crippen molar-refractivity contribution in [2.75, 3.05) is 0 Å². The van der Waals surface area contributed by atoms with Crippen LogP contribution in [0.1, 0.15) is 37.1 Å². The lowest BCUT2D eigenvalue weighted by molar-refractivity contribution is 0.624. The van der Waals surface area contributed by atoms with Crippen molar-refractivity contribution in [3.8, 4) is 0 Å². The first-order valence-corrected chi connectivity index (χ1v) is 4.75. The van der Waals surface area contributed by atoms with Gasteiger partial charge in [0, 0.05) is 11.4 Å². The Balaban J connectivity index is 2.67. The van der Waals surface area contributed by atoms with Gasteiger partial charge >= 0.3 is 0 Å². The van der Waals surface area contributed by atoms with Crippen LogP contribution < -0.4 is 5.73 Å². The van der Waals surface area contributed by atoms with Crippen molar-refractivity contribution in [1.29, 1.82) is 0 Å². The summed E-state index contributed by atoms with van der Waals surface area (Å²) in [6.45, 7) is 4.20. The molecule has 0 spiro atoms. The fourth-order valence-corrected chi connectivity index (χ4v) is 1.83. The normalized spacial score (nSPS) is 13.4. The van der Waals surface area contributed by atoms with E-state index >= 15 is 0 Å². The average Bonchev–Trinajstić information content (AvgIpc) is 2.36. The molecule has 0 saturated heterocycles. The average molecular weight is 170 g/mol. The van der Waals surface area contributed by atoms with E-state index in [0.29, 0.717) is 0 Å². The summed E-state index contributed by atoms with van der Waals surface area (Å²) in [5.41, 5.74) is 8.21. The van der Waals surface area contributed by atoms with E-state index in [1.165, 1.54) is 17.1 Å². The van der Waals surface area contributed by atoms with Crippen LogP contribution in [0.2, 0.25) is 0 Å². The van der Waals surface area contributed by atoms with Crippen LogP contribution in [-0.4, -0.2) is 4.37 Å². The second-order valence-corrected chi connectivity index (χ2v) is 3.41. The van der Waals surface area contributed by atoms with E-state index in [9.17, 15) is 0 Å². The van der Waals surface area contributed by atoms with E-state index in [4.69, 9.17) is 5.73 Å². The second-order valence-electron chi connectivity index (χ2n) is 2.78. The van der Waals surface area contributed by atoms with Crippen LogP contribution in [0.25, 0.3) is 0 Å². The summed E-state index contributed by atoms with van der Waals surface area (Å²) in [6, 6.07) is 0.145. The molecule has 2 nitrogen and oxygen atoms in total. The molecule has 0 radical (unpaired) electrons. The van der Waals surface area contributed by atoms with Gasteiger partial charge in [0.25, 0.3) is 0 Å². The standard InChI is InChI=1S/C8H14N2S/c1-3-4-7(9)8-6(2)5-11-10-8/h5,7H,3-4,9H2,1-2H3. The Labute approximate surface area is 71.6 Å². The predicted molar refractivity (Wildman–Crippen MR) is 48.7 cm³/mol. The van der Waals surface area contributed by atoms with Crippen LogP contribution in [0.5, 0.6) is 0 Å². The molecule has 0 aliphatic heterocycles. The highest BCUT2D eigenvalue weighted by Crippen LogP contribution is 2.19. The van der Waals surface area contributed by atoms with Crippen LogP contribution >= 0.6 is 11.5 Å². The topological polar surface area (TPSA) is 38.9 Å². The zero-order valence-corrected chi connectivity index (χ0v) is 7.82. The molecule has 62 valence electrons. The quantitative estimate of drug-likeness (QED) is 0.755. The Bertz CT molecular complexity index is 220. The van der Waals surface area contributed by atoms with Crippen molar-refractivity contribution in [3.05, 3.63) is 16.6 Å². The number of hydrogen-bond donors (Lipinski definition) is 1. The molecule has 0 bridgehead atoms. The lowest BCUT2D eigenvalue weighted by Crippen LogP contribution is -2.10. The minimum atomic E-state index is 0.145. The number of aryl methyl sites for hydroxylation is 1. The Morgan fingerprint density at radius 1 is 1.73 bits per heavy atom. The van der Waals surface area contributed by atoms with Gasteiger partial charge in [-0.1, -0.05) is 13.3 Å². The maximum atomic E-state index is 5.89. The number of nitrogens with two attached hydrogens (primary N) is 1. The van der Waals surface area contributed by atoms with Gasteiger partial charge in [-0.3, -0.25) is 0 Å². The summed E-state index contributed by atoms with van der Waals surface area (Å²) in [6.07, 6.45) is 2.16. The summed E-state index contributed by atoms with van der Waals surface area (Å²) in [4.78, 5) is 0. The van der Waals surface area contributed by atoms with Gasteiger partial charge in [-0.15, -0.1) is 0 Å². The number of nitrogens with zero attached hydrogens (tertiary/aromatic N) is 1. The molecule has 1 aromatic heterocycles. The van der Waals surface area contributed by atoms with Crippen LogP contribution in [-0.2, 0) is 0 Å². The van der Waals surface area contributed by atoms with Gasteiger partial charge in [0.2, 0.25) is 0 Å². The third-order valence-corrected chi connectivity index (χ3v) is 2.50. The van der Waals surface area contributed by atoms with Crippen LogP contribution in [0.15, 0.2) is 5.38 Å². The maximum Gasteiger partial charge on any atom is 0.0738 e. The van der Waals surface area contributed by atoms with Crippen molar-refractivity contribution in [2.24, 2.45) is 5.73 Å². The molecule has 1 heterocycles. The van der Waals surface area contributed by atoms with Crippen LogP contribution in [0, 0.1) is 6.92 Å². The Morgan fingerprint density at radius 3 is 2.91 bits per heavy atom. The van der Waals surface area contributed by atoms with E-state index in [1.54, 1.807) is 0 Å². The first-order chi connectivity index (χ1) is 5.25. The fraction of sp³-hybridized carbons (Fsp3) is 0.625. The molecule has 0 aliphatic carbocycles. The highest BCUT2D eigenvalue weighted by atomic mass is 32.1. The number of rotatable bonds is 3. The Morgan fingerprint density at radius 2 is 2.45 bits per heavy atom. The Hall–Kier alpha value is -0.410. The van der Waals surface area contributed by atoms with Gasteiger partial charge < -0.3 is 5.73 Å². The van der Waals surface area contributed by atoms with E-state index in [1.807, 2.05) is 5.38 Å². The third-order valence-electron chi connectivity index (χ3n) is 1.74. The molecule has 1 rings (SSSR count). The maximum absolute atomic E-state index is 5.89. The SMILES string of the molecule is CCCC(N)c1nscc1C. The molecule has 0 saturated carbocycles. The Kier molecular flexibility index (Phi) is 3.02. The lowest BCUT2D eigenvalue weighted by Gasteiger charge is -2.07. The molecular weight excluding hydrogens is 156 g/mol. The second kappa shape index (κ2) is 3.83. The number of aromatic nitrogens is 1. The summed E-state index contributed by atoms with van der Waals surface area (Å²) < 4.78 is 4.25. The third kappa shape index (κ3) is 2.01. The molecule has 1 unspecified atom stereocenters. The van der Waals surface area contributed by atoms with Gasteiger partial charge in [0.15, 0.2) is 0 Å². The lowest BCUT2D eigenvalue weighted by atomic mass is 10.1. The molecular formula is C8H14N2S. The predicted octanol–water partition coefficient (Wildman–Crippen LogP) is 2.25. The van der Waals surface area contributed by atoms with E-state index in [2.05, 4.69) is 18.2 Å². The monoisotopic (exact) mass is 170 g/mol. The molecule has 1 atom stereocenters. The van der Waals surface area contributed by atoms with Gasteiger partial charge in [-0.25, -0.2) is 0 Å². The van der Waals surface area contributed by atoms with Crippen molar-refractivity contribution >= 4 is 11.5 Å². The van der Waals surface area contributed by atoms with E-state index in [-0.39, 0.29) is 6.04 Å². The first kappa shape index (κ1) is 8.68.